The van der Waals surface area contributed by atoms with E-state index in [0.717, 1.165) is 33.7 Å². The maximum atomic E-state index is 13.3. The molecule has 4 rings (SSSR count). The molecule has 0 bridgehead atoms. The number of aryl methyl sites for hydroxylation is 3. The van der Waals surface area contributed by atoms with Crippen LogP contribution in [0.25, 0.3) is 10.6 Å². The normalized spacial score (nSPS) is 17.1. The van der Waals surface area contributed by atoms with Gasteiger partial charge in [0.2, 0.25) is 5.91 Å². The summed E-state index contributed by atoms with van der Waals surface area (Å²) < 4.78 is 28.2. The summed E-state index contributed by atoms with van der Waals surface area (Å²) in [5, 5.41) is 9.34. The highest BCUT2D eigenvalue weighted by molar-refractivity contribution is 7.91. The number of thiophene rings is 1. The van der Waals surface area contributed by atoms with Crippen LogP contribution in [0.3, 0.4) is 0 Å². The molecule has 174 valence electrons. The standard InChI is InChI=1S/C23H26N4O4S2/c1-14-11-15(2)22(16(3)12-14)24-23(29)17-5-4-10-27(13-17)33(30,31)21-9-7-19(32-21)18-6-8-20(28)26-25-18/h6-9,11-12,17H,4-5,10,13H2,1-3H3,(H,24,29)(H,26,28). The third-order valence-corrected chi connectivity index (χ3v) is 9.23. The number of benzene rings is 1. The van der Waals surface area contributed by atoms with Crippen LogP contribution < -0.4 is 10.9 Å². The molecule has 1 atom stereocenters. The molecule has 0 radical (unpaired) electrons. The van der Waals surface area contributed by atoms with E-state index < -0.39 is 15.9 Å². The molecule has 10 heteroatoms. The summed E-state index contributed by atoms with van der Waals surface area (Å²) in [7, 11) is -3.75. The lowest BCUT2D eigenvalue weighted by molar-refractivity contribution is -0.120. The zero-order valence-corrected chi connectivity index (χ0v) is 20.3. The van der Waals surface area contributed by atoms with E-state index in [1.165, 1.54) is 10.4 Å². The van der Waals surface area contributed by atoms with Crippen molar-refractivity contribution in [3.05, 3.63) is 63.4 Å². The fraction of sp³-hybridized carbons (Fsp3) is 0.348. The predicted molar refractivity (Wildman–Crippen MR) is 129 cm³/mol. The van der Waals surface area contributed by atoms with Gasteiger partial charge in [-0.2, -0.15) is 9.40 Å². The van der Waals surface area contributed by atoms with Gasteiger partial charge in [-0.05, 0) is 62.9 Å². The molecule has 1 fully saturated rings. The van der Waals surface area contributed by atoms with Gasteiger partial charge in [0, 0.05) is 24.8 Å². The Morgan fingerprint density at radius 3 is 2.55 bits per heavy atom. The van der Waals surface area contributed by atoms with Crippen LogP contribution in [0.15, 0.2) is 45.4 Å². The highest BCUT2D eigenvalue weighted by atomic mass is 32.2. The minimum Gasteiger partial charge on any atom is -0.325 e. The zero-order valence-electron chi connectivity index (χ0n) is 18.7. The third-order valence-electron chi connectivity index (χ3n) is 5.79. The molecule has 0 aliphatic carbocycles. The Bertz CT molecular complexity index is 1320. The van der Waals surface area contributed by atoms with Crippen LogP contribution in [-0.2, 0) is 14.8 Å². The fourth-order valence-corrected chi connectivity index (χ4v) is 7.14. The van der Waals surface area contributed by atoms with E-state index in [4.69, 9.17) is 0 Å². The smallest absolute Gasteiger partial charge is 0.264 e. The van der Waals surface area contributed by atoms with E-state index in [0.29, 0.717) is 30.0 Å². The second-order valence-electron chi connectivity index (χ2n) is 8.39. The molecule has 1 saturated heterocycles. The number of sulfonamides is 1. The number of amides is 1. The van der Waals surface area contributed by atoms with Crippen LogP contribution in [0, 0.1) is 26.7 Å². The van der Waals surface area contributed by atoms with Gasteiger partial charge in [0.15, 0.2) is 0 Å². The lowest BCUT2D eigenvalue weighted by Gasteiger charge is -2.31. The van der Waals surface area contributed by atoms with Gasteiger partial charge < -0.3 is 5.32 Å². The van der Waals surface area contributed by atoms with Crippen LogP contribution in [0.4, 0.5) is 5.69 Å². The summed E-state index contributed by atoms with van der Waals surface area (Å²) in [6.07, 6.45) is 1.25. The molecule has 0 spiro atoms. The number of aromatic nitrogens is 2. The summed E-state index contributed by atoms with van der Waals surface area (Å²) in [6, 6.07) is 10.2. The molecule has 2 aromatic heterocycles. The van der Waals surface area contributed by atoms with E-state index in [-0.39, 0.29) is 22.2 Å². The molecule has 1 aliphatic heterocycles. The van der Waals surface area contributed by atoms with Gasteiger partial charge in [-0.15, -0.1) is 11.3 Å². The number of carbonyl (C=O) groups is 1. The van der Waals surface area contributed by atoms with Gasteiger partial charge in [0.25, 0.3) is 15.6 Å². The molecule has 2 N–H and O–H groups in total. The second kappa shape index (κ2) is 9.20. The number of aromatic amines is 1. The lowest BCUT2D eigenvalue weighted by atomic mass is 9.98. The molecule has 1 unspecified atom stereocenters. The molecule has 3 aromatic rings. The van der Waals surface area contributed by atoms with Gasteiger partial charge in [-0.3, -0.25) is 9.59 Å². The average Bonchev–Trinajstić information content (AvgIpc) is 3.28. The second-order valence-corrected chi connectivity index (χ2v) is 11.6. The van der Waals surface area contributed by atoms with Gasteiger partial charge in [-0.25, -0.2) is 13.5 Å². The van der Waals surface area contributed by atoms with Crippen LogP contribution in [0.1, 0.15) is 29.5 Å². The molecule has 1 amide bonds. The van der Waals surface area contributed by atoms with Crippen molar-refractivity contribution in [1.82, 2.24) is 14.5 Å². The quantitative estimate of drug-likeness (QED) is 0.574. The van der Waals surface area contributed by atoms with E-state index in [1.54, 1.807) is 18.2 Å². The Labute approximate surface area is 196 Å². The number of anilines is 1. The maximum absolute atomic E-state index is 13.3. The molecule has 3 heterocycles. The molecular formula is C23H26N4O4S2. The summed E-state index contributed by atoms with van der Waals surface area (Å²) in [4.78, 5) is 24.9. The van der Waals surface area contributed by atoms with E-state index in [1.807, 2.05) is 32.9 Å². The Kier molecular flexibility index (Phi) is 6.51. The van der Waals surface area contributed by atoms with Crippen molar-refractivity contribution in [2.75, 3.05) is 18.4 Å². The monoisotopic (exact) mass is 486 g/mol. The maximum Gasteiger partial charge on any atom is 0.264 e. The van der Waals surface area contributed by atoms with Crippen molar-refractivity contribution in [2.45, 2.75) is 37.8 Å². The minimum atomic E-state index is -3.75. The van der Waals surface area contributed by atoms with Crippen molar-refractivity contribution in [1.29, 1.82) is 0 Å². The first-order valence-electron chi connectivity index (χ1n) is 10.7. The van der Waals surface area contributed by atoms with Crippen LogP contribution in [-0.4, -0.2) is 41.9 Å². The van der Waals surface area contributed by atoms with Crippen molar-refractivity contribution in [3.8, 4) is 10.6 Å². The Morgan fingerprint density at radius 2 is 1.88 bits per heavy atom. The number of hydrogen-bond acceptors (Lipinski definition) is 6. The molecular weight excluding hydrogens is 460 g/mol. The number of piperidine rings is 1. The fourth-order valence-electron chi connectivity index (χ4n) is 4.18. The summed E-state index contributed by atoms with van der Waals surface area (Å²) in [5.74, 6) is -0.580. The zero-order chi connectivity index (χ0) is 23.8. The first kappa shape index (κ1) is 23.3. The largest absolute Gasteiger partial charge is 0.325 e. The van der Waals surface area contributed by atoms with Gasteiger partial charge in [-0.1, -0.05) is 17.7 Å². The first-order chi connectivity index (χ1) is 15.6. The molecule has 33 heavy (non-hydrogen) atoms. The van der Waals surface area contributed by atoms with Gasteiger partial charge in [0.05, 0.1) is 10.8 Å². The number of nitrogens with zero attached hydrogens (tertiary/aromatic N) is 2. The van der Waals surface area contributed by atoms with E-state index in [9.17, 15) is 18.0 Å². The molecule has 0 saturated carbocycles. The SMILES string of the molecule is Cc1cc(C)c(NC(=O)C2CCCN(S(=O)(=O)c3ccc(-c4ccc(=O)[nH]n4)s3)C2)c(C)c1. The van der Waals surface area contributed by atoms with Gasteiger partial charge >= 0.3 is 0 Å². The van der Waals surface area contributed by atoms with Crippen LogP contribution in [0.2, 0.25) is 0 Å². The highest BCUT2D eigenvalue weighted by Gasteiger charge is 2.34. The third kappa shape index (κ3) is 4.92. The topological polar surface area (TPSA) is 112 Å². The Balaban J connectivity index is 1.50. The lowest BCUT2D eigenvalue weighted by Crippen LogP contribution is -2.43. The number of nitrogens with one attached hydrogen (secondary N) is 2. The van der Waals surface area contributed by atoms with Gasteiger partial charge in [0.1, 0.15) is 9.90 Å². The summed E-state index contributed by atoms with van der Waals surface area (Å²) >= 11 is 1.10. The van der Waals surface area contributed by atoms with Crippen molar-refractivity contribution < 1.29 is 13.2 Å². The average molecular weight is 487 g/mol. The van der Waals surface area contributed by atoms with E-state index in [2.05, 4.69) is 15.5 Å². The summed E-state index contributed by atoms with van der Waals surface area (Å²) in [5.41, 5.74) is 4.08. The minimum absolute atomic E-state index is 0.141. The first-order valence-corrected chi connectivity index (χ1v) is 13.0. The van der Waals surface area contributed by atoms with Crippen molar-refractivity contribution in [3.63, 3.8) is 0 Å². The van der Waals surface area contributed by atoms with E-state index >= 15 is 0 Å². The number of hydrogen-bond donors (Lipinski definition) is 2. The Morgan fingerprint density at radius 1 is 1.15 bits per heavy atom. The number of H-pyrrole nitrogens is 1. The highest BCUT2D eigenvalue weighted by Crippen LogP contribution is 2.33. The van der Waals surface area contributed by atoms with Crippen molar-refractivity contribution >= 4 is 33.0 Å². The molecule has 1 aromatic carbocycles. The van der Waals surface area contributed by atoms with Crippen LogP contribution in [0.5, 0.6) is 0 Å². The Hall–Kier alpha value is -2.82. The van der Waals surface area contributed by atoms with Crippen LogP contribution >= 0.6 is 11.3 Å². The van der Waals surface area contributed by atoms with Crippen molar-refractivity contribution in [2.24, 2.45) is 5.92 Å². The molecule has 1 aliphatic rings. The number of carbonyl (C=O) groups excluding carboxylic acids is 1. The number of rotatable bonds is 5. The molecule has 8 nitrogen and oxygen atoms in total. The predicted octanol–water partition coefficient (Wildman–Crippen LogP) is 3.46. The summed E-state index contributed by atoms with van der Waals surface area (Å²) in [6.45, 7) is 6.44.